The molecule has 1 N–H and O–H groups in total. The Morgan fingerprint density at radius 2 is 2.00 bits per heavy atom. The molecule has 3 aromatic rings. The summed E-state index contributed by atoms with van der Waals surface area (Å²) >= 11 is 3.36. The molecule has 1 heterocycles. The standard InChI is InChI=1S/C18H12BrFN4O4/c19-12-3-1-2-11(8-12)15-6-7-18(26)23(22-15)10-17(25)21-13-4-5-14(20)16(9-13)24(27)28/h1-9H,10H2,(H,21,25). The zero-order chi connectivity index (χ0) is 20.3. The van der Waals surface area contributed by atoms with E-state index < -0.39 is 34.4 Å². The maximum atomic E-state index is 13.4. The normalized spacial score (nSPS) is 10.5. The molecule has 10 heteroatoms. The van der Waals surface area contributed by atoms with Gasteiger partial charge in [-0.25, -0.2) is 4.68 Å². The Morgan fingerprint density at radius 1 is 1.21 bits per heavy atom. The number of rotatable bonds is 5. The number of amides is 1. The van der Waals surface area contributed by atoms with Gasteiger partial charge in [0, 0.05) is 27.9 Å². The molecule has 8 nitrogen and oxygen atoms in total. The van der Waals surface area contributed by atoms with Gasteiger partial charge in [0.05, 0.1) is 10.6 Å². The van der Waals surface area contributed by atoms with Gasteiger partial charge in [0.1, 0.15) is 6.54 Å². The molecule has 1 aromatic heterocycles. The number of nitrogens with one attached hydrogen (secondary N) is 1. The molecular weight excluding hydrogens is 435 g/mol. The third-order valence-corrected chi connectivity index (χ3v) is 4.20. The van der Waals surface area contributed by atoms with Crippen LogP contribution in [0.5, 0.6) is 0 Å². The second kappa shape index (κ2) is 8.09. The molecule has 3 rings (SSSR count). The van der Waals surface area contributed by atoms with E-state index in [0.29, 0.717) is 5.69 Å². The smallest absolute Gasteiger partial charge is 0.306 e. The number of hydrogen-bond donors (Lipinski definition) is 1. The van der Waals surface area contributed by atoms with Gasteiger partial charge >= 0.3 is 5.69 Å². The predicted octanol–water partition coefficient (Wildman–Crippen LogP) is 3.36. The van der Waals surface area contributed by atoms with Gasteiger partial charge < -0.3 is 5.32 Å². The van der Waals surface area contributed by atoms with Crippen molar-refractivity contribution in [2.45, 2.75) is 6.54 Å². The van der Waals surface area contributed by atoms with Crippen molar-refractivity contribution >= 4 is 33.2 Å². The fraction of sp³-hybridized carbons (Fsp3) is 0.0556. The molecule has 0 bridgehead atoms. The number of nitrogens with zero attached hydrogens (tertiary/aromatic N) is 3. The summed E-state index contributed by atoms with van der Waals surface area (Å²) in [6, 6.07) is 13.1. The number of carbonyl (C=O) groups is 1. The lowest BCUT2D eigenvalue weighted by molar-refractivity contribution is -0.387. The lowest BCUT2D eigenvalue weighted by Crippen LogP contribution is -2.29. The number of carbonyl (C=O) groups excluding carboxylic acids is 1. The number of aromatic nitrogens is 2. The molecule has 0 spiro atoms. The van der Waals surface area contributed by atoms with E-state index in [1.54, 1.807) is 12.1 Å². The second-order valence-electron chi connectivity index (χ2n) is 5.70. The highest BCUT2D eigenvalue weighted by Crippen LogP contribution is 2.22. The monoisotopic (exact) mass is 446 g/mol. The Bertz CT molecular complexity index is 1130. The van der Waals surface area contributed by atoms with Crippen molar-refractivity contribution in [1.82, 2.24) is 9.78 Å². The molecule has 28 heavy (non-hydrogen) atoms. The first kappa shape index (κ1) is 19.4. The van der Waals surface area contributed by atoms with Crippen LogP contribution in [0.15, 0.2) is 63.9 Å². The van der Waals surface area contributed by atoms with Crippen LogP contribution >= 0.6 is 15.9 Å². The SMILES string of the molecule is O=C(Cn1nc(-c2cccc(Br)c2)ccc1=O)Nc1ccc(F)c([N+](=O)[O-])c1. The lowest BCUT2D eigenvalue weighted by atomic mass is 10.1. The Morgan fingerprint density at radius 3 is 2.71 bits per heavy atom. The highest BCUT2D eigenvalue weighted by molar-refractivity contribution is 9.10. The first-order valence-corrected chi connectivity index (χ1v) is 8.71. The fourth-order valence-electron chi connectivity index (χ4n) is 2.43. The first-order valence-electron chi connectivity index (χ1n) is 7.91. The van der Waals surface area contributed by atoms with Crippen molar-refractivity contribution < 1.29 is 14.1 Å². The van der Waals surface area contributed by atoms with Crippen LogP contribution in [0.2, 0.25) is 0 Å². The second-order valence-corrected chi connectivity index (χ2v) is 6.61. The first-order chi connectivity index (χ1) is 13.3. The Balaban J connectivity index is 1.81. The predicted molar refractivity (Wildman–Crippen MR) is 103 cm³/mol. The molecule has 0 aliphatic heterocycles. The van der Waals surface area contributed by atoms with Crippen molar-refractivity contribution in [2.75, 3.05) is 5.32 Å². The minimum absolute atomic E-state index is 0.0364. The average molecular weight is 447 g/mol. The van der Waals surface area contributed by atoms with Gasteiger partial charge in [0.2, 0.25) is 11.7 Å². The molecule has 0 aliphatic rings. The minimum atomic E-state index is -1.01. The quantitative estimate of drug-likeness (QED) is 0.477. The summed E-state index contributed by atoms with van der Waals surface area (Å²) in [6.07, 6.45) is 0. The summed E-state index contributed by atoms with van der Waals surface area (Å²) in [6.45, 7) is -0.411. The van der Waals surface area contributed by atoms with Crippen LogP contribution < -0.4 is 10.9 Å². The van der Waals surface area contributed by atoms with Crippen molar-refractivity contribution in [2.24, 2.45) is 0 Å². The molecule has 1 amide bonds. The van der Waals surface area contributed by atoms with E-state index in [9.17, 15) is 24.1 Å². The van der Waals surface area contributed by atoms with E-state index in [0.717, 1.165) is 26.9 Å². The van der Waals surface area contributed by atoms with Crippen molar-refractivity contribution in [1.29, 1.82) is 0 Å². The molecule has 2 aromatic carbocycles. The Kier molecular flexibility index (Phi) is 5.59. The van der Waals surface area contributed by atoms with Crippen molar-refractivity contribution in [3.05, 3.63) is 85.4 Å². The zero-order valence-corrected chi connectivity index (χ0v) is 15.7. The maximum Gasteiger partial charge on any atom is 0.306 e. The molecule has 0 aliphatic carbocycles. The third-order valence-electron chi connectivity index (χ3n) is 3.71. The number of nitro groups is 1. The Labute approximate surface area is 165 Å². The van der Waals surface area contributed by atoms with Crippen LogP contribution in [0, 0.1) is 15.9 Å². The molecule has 0 atom stereocenters. The molecule has 142 valence electrons. The van der Waals surface area contributed by atoms with Crippen molar-refractivity contribution in [3.63, 3.8) is 0 Å². The molecule has 0 saturated heterocycles. The molecule has 0 saturated carbocycles. The largest absolute Gasteiger partial charge is 0.324 e. The van der Waals surface area contributed by atoms with Gasteiger partial charge in [-0.3, -0.25) is 19.7 Å². The van der Waals surface area contributed by atoms with E-state index in [1.165, 1.54) is 12.1 Å². The van der Waals surface area contributed by atoms with Crippen LogP contribution in [0.4, 0.5) is 15.8 Å². The van der Waals surface area contributed by atoms with Crippen LogP contribution in [0.1, 0.15) is 0 Å². The molecule has 0 fully saturated rings. The number of benzene rings is 2. The molecular formula is C18H12BrFN4O4. The highest BCUT2D eigenvalue weighted by Gasteiger charge is 2.16. The van der Waals surface area contributed by atoms with Gasteiger partial charge in [-0.05, 0) is 30.3 Å². The van der Waals surface area contributed by atoms with E-state index >= 15 is 0 Å². The van der Waals surface area contributed by atoms with E-state index in [2.05, 4.69) is 26.3 Å². The van der Waals surface area contributed by atoms with Crippen LogP contribution in [0.3, 0.4) is 0 Å². The average Bonchev–Trinajstić information content (AvgIpc) is 2.65. The van der Waals surface area contributed by atoms with E-state index in [4.69, 9.17) is 0 Å². The third kappa shape index (κ3) is 4.46. The topological polar surface area (TPSA) is 107 Å². The fourth-order valence-corrected chi connectivity index (χ4v) is 2.83. The number of hydrogen-bond acceptors (Lipinski definition) is 5. The summed E-state index contributed by atoms with van der Waals surface area (Å²) in [7, 11) is 0. The summed E-state index contributed by atoms with van der Waals surface area (Å²) in [5.74, 6) is -1.65. The van der Waals surface area contributed by atoms with Gasteiger partial charge in [-0.2, -0.15) is 9.49 Å². The van der Waals surface area contributed by atoms with Gasteiger partial charge in [-0.15, -0.1) is 0 Å². The lowest BCUT2D eigenvalue weighted by Gasteiger charge is -2.09. The summed E-state index contributed by atoms with van der Waals surface area (Å²) in [4.78, 5) is 34.1. The van der Waals surface area contributed by atoms with E-state index in [-0.39, 0.29) is 5.69 Å². The summed E-state index contributed by atoms with van der Waals surface area (Å²) in [5, 5.41) is 17.4. The van der Waals surface area contributed by atoms with Gasteiger partial charge in [-0.1, -0.05) is 28.1 Å². The summed E-state index contributed by atoms with van der Waals surface area (Å²) in [5.41, 5.74) is 0.0295. The van der Waals surface area contributed by atoms with Crippen LogP contribution in [-0.4, -0.2) is 20.6 Å². The van der Waals surface area contributed by atoms with Crippen molar-refractivity contribution in [3.8, 4) is 11.3 Å². The van der Waals surface area contributed by atoms with Gasteiger partial charge in [0.15, 0.2) is 0 Å². The minimum Gasteiger partial charge on any atom is -0.324 e. The number of anilines is 1. The van der Waals surface area contributed by atoms with Gasteiger partial charge in [0.25, 0.3) is 5.56 Å². The zero-order valence-electron chi connectivity index (χ0n) is 14.1. The Hall–Kier alpha value is -3.40. The maximum absolute atomic E-state index is 13.4. The summed E-state index contributed by atoms with van der Waals surface area (Å²) < 4.78 is 15.2. The van der Waals surface area contributed by atoms with Crippen LogP contribution in [-0.2, 0) is 11.3 Å². The molecule has 0 radical (unpaired) electrons. The van der Waals surface area contributed by atoms with Crippen LogP contribution in [0.25, 0.3) is 11.3 Å². The molecule has 0 unspecified atom stereocenters. The van der Waals surface area contributed by atoms with E-state index in [1.807, 2.05) is 18.2 Å². The highest BCUT2D eigenvalue weighted by atomic mass is 79.9. The number of nitro benzene ring substituents is 1. The number of halogens is 2.